The number of carbonyl (C=O) groups is 1. The summed E-state index contributed by atoms with van der Waals surface area (Å²) in [5.74, 6) is 0.986. The molecule has 0 radical (unpaired) electrons. The second kappa shape index (κ2) is 10.3. The standard InChI is InChI=1S/C16H26N2O2/c1-3-11-17-12-13-18-16(19)10-7-14-5-8-15(9-6-14)20-4-2/h5-6,8-9,17H,3-4,7,10-13H2,1-2H3,(H,18,19). The summed E-state index contributed by atoms with van der Waals surface area (Å²) < 4.78 is 5.39. The Bertz CT molecular complexity index is 377. The van der Waals surface area contributed by atoms with Gasteiger partial charge in [-0.25, -0.2) is 0 Å². The third-order valence-corrected chi connectivity index (χ3v) is 2.93. The topological polar surface area (TPSA) is 50.4 Å². The molecule has 1 rings (SSSR count). The number of amides is 1. The summed E-state index contributed by atoms with van der Waals surface area (Å²) in [4.78, 5) is 11.7. The van der Waals surface area contributed by atoms with E-state index in [1.54, 1.807) is 0 Å². The van der Waals surface area contributed by atoms with Crippen LogP contribution in [-0.4, -0.2) is 32.1 Å². The third-order valence-electron chi connectivity index (χ3n) is 2.93. The van der Waals surface area contributed by atoms with Gasteiger partial charge in [-0.1, -0.05) is 19.1 Å². The molecule has 0 aliphatic heterocycles. The van der Waals surface area contributed by atoms with E-state index in [2.05, 4.69) is 17.6 Å². The molecule has 1 amide bonds. The van der Waals surface area contributed by atoms with E-state index < -0.39 is 0 Å². The van der Waals surface area contributed by atoms with Gasteiger partial charge in [-0.2, -0.15) is 0 Å². The Balaban J connectivity index is 2.16. The van der Waals surface area contributed by atoms with Gasteiger partial charge in [0, 0.05) is 19.5 Å². The molecule has 0 saturated heterocycles. The molecule has 0 unspecified atom stereocenters. The minimum absolute atomic E-state index is 0.109. The first-order chi connectivity index (χ1) is 9.76. The molecule has 0 aliphatic carbocycles. The molecule has 4 nitrogen and oxygen atoms in total. The Morgan fingerprint density at radius 1 is 1.10 bits per heavy atom. The molecule has 2 N–H and O–H groups in total. The van der Waals surface area contributed by atoms with Crippen LogP contribution in [0, 0.1) is 0 Å². The Morgan fingerprint density at radius 2 is 1.85 bits per heavy atom. The number of hydrogen-bond acceptors (Lipinski definition) is 3. The number of hydrogen-bond donors (Lipinski definition) is 2. The van der Waals surface area contributed by atoms with Gasteiger partial charge in [0.15, 0.2) is 0 Å². The molecule has 0 atom stereocenters. The van der Waals surface area contributed by atoms with Crippen molar-refractivity contribution in [1.29, 1.82) is 0 Å². The Hall–Kier alpha value is -1.55. The first kappa shape index (κ1) is 16.5. The number of carbonyl (C=O) groups excluding carboxylic acids is 1. The smallest absolute Gasteiger partial charge is 0.220 e. The second-order valence-electron chi connectivity index (χ2n) is 4.68. The molecule has 0 heterocycles. The molecule has 1 aromatic rings. The van der Waals surface area contributed by atoms with Gasteiger partial charge in [0.1, 0.15) is 5.75 Å². The maximum absolute atomic E-state index is 11.7. The Morgan fingerprint density at radius 3 is 2.50 bits per heavy atom. The van der Waals surface area contributed by atoms with E-state index in [9.17, 15) is 4.79 Å². The summed E-state index contributed by atoms with van der Waals surface area (Å²) in [7, 11) is 0. The summed E-state index contributed by atoms with van der Waals surface area (Å²) in [6, 6.07) is 7.93. The van der Waals surface area contributed by atoms with Crippen LogP contribution in [0.25, 0.3) is 0 Å². The van der Waals surface area contributed by atoms with Crippen LogP contribution in [0.4, 0.5) is 0 Å². The van der Waals surface area contributed by atoms with Crippen molar-refractivity contribution in [3.8, 4) is 5.75 Å². The summed E-state index contributed by atoms with van der Waals surface area (Å²) in [6.45, 7) is 7.30. The fraction of sp³-hybridized carbons (Fsp3) is 0.562. The van der Waals surface area contributed by atoms with Gasteiger partial charge in [0.2, 0.25) is 5.91 Å². The van der Waals surface area contributed by atoms with Crippen molar-refractivity contribution in [2.75, 3.05) is 26.2 Å². The number of rotatable bonds is 10. The zero-order chi connectivity index (χ0) is 14.6. The molecule has 4 heteroatoms. The van der Waals surface area contributed by atoms with Crippen LogP contribution in [-0.2, 0) is 11.2 Å². The van der Waals surface area contributed by atoms with Gasteiger partial charge in [-0.05, 0) is 44.0 Å². The molecule has 0 aliphatic rings. The first-order valence-corrected chi connectivity index (χ1v) is 7.45. The lowest BCUT2D eigenvalue weighted by Gasteiger charge is -2.07. The Kier molecular flexibility index (Phi) is 8.47. The van der Waals surface area contributed by atoms with Gasteiger partial charge in [-0.3, -0.25) is 4.79 Å². The van der Waals surface area contributed by atoms with Crippen molar-refractivity contribution in [3.05, 3.63) is 29.8 Å². The van der Waals surface area contributed by atoms with Crippen molar-refractivity contribution in [3.63, 3.8) is 0 Å². The minimum Gasteiger partial charge on any atom is -0.494 e. The quantitative estimate of drug-likeness (QED) is 0.645. The van der Waals surface area contributed by atoms with Gasteiger partial charge < -0.3 is 15.4 Å². The number of benzene rings is 1. The predicted octanol–water partition coefficient (Wildman–Crippen LogP) is 2.13. The van der Waals surface area contributed by atoms with Crippen molar-refractivity contribution in [1.82, 2.24) is 10.6 Å². The maximum Gasteiger partial charge on any atom is 0.220 e. The fourth-order valence-corrected chi connectivity index (χ4v) is 1.86. The van der Waals surface area contributed by atoms with Gasteiger partial charge >= 0.3 is 0 Å². The molecule has 0 aromatic heterocycles. The zero-order valence-corrected chi connectivity index (χ0v) is 12.6. The summed E-state index contributed by atoms with van der Waals surface area (Å²) >= 11 is 0. The predicted molar refractivity (Wildman–Crippen MR) is 82.1 cm³/mol. The minimum atomic E-state index is 0.109. The maximum atomic E-state index is 11.7. The lowest BCUT2D eigenvalue weighted by Crippen LogP contribution is -2.32. The molecule has 20 heavy (non-hydrogen) atoms. The molecular formula is C16H26N2O2. The van der Waals surface area contributed by atoms with Crippen LogP contribution < -0.4 is 15.4 Å². The number of ether oxygens (including phenoxy) is 1. The van der Waals surface area contributed by atoms with Crippen LogP contribution in [0.3, 0.4) is 0 Å². The largest absolute Gasteiger partial charge is 0.494 e. The second-order valence-corrected chi connectivity index (χ2v) is 4.68. The van der Waals surface area contributed by atoms with E-state index in [1.165, 1.54) is 0 Å². The van der Waals surface area contributed by atoms with E-state index in [-0.39, 0.29) is 5.91 Å². The van der Waals surface area contributed by atoms with Crippen molar-refractivity contribution in [2.24, 2.45) is 0 Å². The lowest BCUT2D eigenvalue weighted by molar-refractivity contribution is -0.121. The molecular weight excluding hydrogens is 252 g/mol. The van der Waals surface area contributed by atoms with E-state index in [0.717, 1.165) is 37.2 Å². The van der Waals surface area contributed by atoms with E-state index in [1.807, 2.05) is 31.2 Å². The summed E-state index contributed by atoms with van der Waals surface area (Å²) in [5, 5.41) is 6.17. The average molecular weight is 278 g/mol. The summed E-state index contributed by atoms with van der Waals surface area (Å²) in [5.41, 5.74) is 1.16. The fourth-order valence-electron chi connectivity index (χ4n) is 1.86. The highest BCUT2D eigenvalue weighted by Gasteiger charge is 2.02. The van der Waals surface area contributed by atoms with E-state index in [4.69, 9.17) is 4.74 Å². The van der Waals surface area contributed by atoms with E-state index >= 15 is 0 Å². The molecule has 0 saturated carbocycles. The lowest BCUT2D eigenvalue weighted by atomic mass is 10.1. The summed E-state index contributed by atoms with van der Waals surface area (Å²) in [6.07, 6.45) is 2.41. The highest BCUT2D eigenvalue weighted by molar-refractivity contribution is 5.76. The van der Waals surface area contributed by atoms with Gasteiger partial charge in [0.05, 0.1) is 6.61 Å². The van der Waals surface area contributed by atoms with Gasteiger partial charge in [0.25, 0.3) is 0 Å². The zero-order valence-electron chi connectivity index (χ0n) is 12.6. The molecule has 0 bridgehead atoms. The van der Waals surface area contributed by atoms with E-state index in [0.29, 0.717) is 19.6 Å². The third kappa shape index (κ3) is 7.14. The highest BCUT2D eigenvalue weighted by Crippen LogP contribution is 2.13. The van der Waals surface area contributed by atoms with Crippen LogP contribution in [0.2, 0.25) is 0 Å². The van der Waals surface area contributed by atoms with Crippen molar-refractivity contribution < 1.29 is 9.53 Å². The van der Waals surface area contributed by atoms with Gasteiger partial charge in [-0.15, -0.1) is 0 Å². The molecule has 0 spiro atoms. The van der Waals surface area contributed by atoms with Crippen molar-refractivity contribution in [2.45, 2.75) is 33.1 Å². The van der Waals surface area contributed by atoms with Crippen LogP contribution in [0.15, 0.2) is 24.3 Å². The SMILES string of the molecule is CCCNCCNC(=O)CCc1ccc(OCC)cc1. The number of nitrogens with one attached hydrogen (secondary N) is 2. The monoisotopic (exact) mass is 278 g/mol. The molecule has 112 valence electrons. The molecule has 1 aromatic carbocycles. The van der Waals surface area contributed by atoms with Crippen LogP contribution in [0.1, 0.15) is 32.3 Å². The van der Waals surface area contributed by atoms with Crippen LogP contribution >= 0.6 is 0 Å². The Labute approximate surface area is 121 Å². The highest BCUT2D eigenvalue weighted by atomic mass is 16.5. The van der Waals surface area contributed by atoms with Crippen molar-refractivity contribution >= 4 is 5.91 Å². The molecule has 0 fully saturated rings. The first-order valence-electron chi connectivity index (χ1n) is 7.45. The average Bonchev–Trinajstić information content (AvgIpc) is 2.47. The van der Waals surface area contributed by atoms with Crippen LogP contribution in [0.5, 0.6) is 5.75 Å². The number of aryl methyl sites for hydroxylation is 1. The normalized spacial score (nSPS) is 10.3.